The SMILES string of the molecule is CC(CNc1ccn(CCC(F)Cn2cc(C(=O)NCc3cccc(OC(F)(F)F)c3)nn2)c(=O)c1F)N1CCCCC1. The summed E-state index contributed by atoms with van der Waals surface area (Å²) in [5.74, 6) is -2.00. The normalized spacial score (nSPS) is 15.6. The van der Waals surface area contributed by atoms with Gasteiger partial charge in [0, 0.05) is 31.9 Å². The Morgan fingerprint density at radius 1 is 1.16 bits per heavy atom. The van der Waals surface area contributed by atoms with Crippen LogP contribution in [0.25, 0.3) is 0 Å². The maximum Gasteiger partial charge on any atom is 0.573 e. The fourth-order valence-electron chi connectivity index (χ4n) is 4.80. The van der Waals surface area contributed by atoms with Gasteiger partial charge in [0.1, 0.15) is 11.9 Å². The summed E-state index contributed by atoms with van der Waals surface area (Å²) in [6, 6.07) is 6.79. The zero-order valence-electron chi connectivity index (χ0n) is 23.6. The number of likely N-dealkylation sites (tertiary alicyclic amines) is 1. The van der Waals surface area contributed by atoms with Crippen molar-refractivity contribution in [3.05, 3.63) is 70.2 Å². The first-order valence-corrected chi connectivity index (χ1v) is 14.0. The van der Waals surface area contributed by atoms with Gasteiger partial charge < -0.3 is 19.9 Å². The van der Waals surface area contributed by atoms with Gasteiger partial charge in [0.2, 0.25) is 5.82 Å². The molecule has 0 spiro atoms. The number of halogens is 5. The molecule has 2 aromatic heterocycles. The van der Waals surface area contributed by atoms with Crippen molar-refractivity contribution in [3.63, 3.8) is 0 Å². The van der Waals surface area contributed by atoms with Crippen LogP contribution in [0.15, 0.2) is 47.5 Å². The average molecular weight is 612 g/mol. The van der Waals surface area contributed by atoms with E-state index in [4.69, 9.17) is 0 Å². The smallest absolute Gasteiger partial charge is 0.406 e. The number of pyridine rings is 1. The van der Waals surface area contributed by atoms with Crippen LogP contribution in [0.5, 0.6) is 5.75 Å². The molecule has 234 valence electrons. The second-order valence-corrected chi connectivity index (χ2v) is 10.5. The summed E-state index contributed by atoms with van der Waals surface area (Å²) in [5, 5.41) is 13.0. The topological polar surface area (TPSA) is 106 Å². The molecular formula is C28H34F5N7O3. The van der Waals surface area contributed by atoms with Gasteiger partial charge in [-0.05, 0) is 63.0 Å². The third kappa shape index (κ3) is 9.49. The van der Waals surface area contributed by atoms with Crippen LogP contribution >= 0.6 is 0 Å². The lowest BCUT2D eigenvalue weighted by atomic mass is 10.1. The minimum atomic E-state index is -4.84. The monoisotopic (exact) mass is 611 g/mol. The van der Waals surface area contributed by atoms with Crippen LogP contribution in [0.3, 0.4) is 0 Å². The fraction of sp³-hybridized carbons (Fsp3) is 0.500. The molecule has 1 aliphatic heterocycles. The highest BCUT2D eigenvalue weighted by Gasteiger charge is 2.31. The van der Waals surface area contributed by atoms with Crippen LogP contribution in [0.2, 0.25) is 0 Å². The molecule has 3 heterocycles. The zero-order valence-corrected chi connectivity index (χ0v) is 23.6. The van der Waals surface area contributed by atoms with Gasteiger partial charge in [-0.15, -0.1) is 18.3 Å². The maximum absolute atomic E-state index is 14.7. The van der Waals surface area contributed by atoms with Crippen molar-refractivity contribution in [3.8, 4) is 5.75 Å². The van der Waals surface area contributed by atoms with E-state index in [1.165, 1.54) is 37.0 Å². The van der Waals surface area contributed by atoms with Crippen molar-refractivity contribution in [2.24, 2.45) is 0 Å². The molecule has 1 aromatic carbocycles. The molecule has 2 atom stereocenters. The minimum absolute atomic E-state index is 0.0689. The minimum Gasteiger partial charge on any atom is -0.406 e. The van der Waals surface area contributed by atoms with E-state index in [9.17, 15) is 31.5 Å². The van der Waals surface area contributed by atoms with Gasteiger partial charge in [-0.1, -0.05) is 23.8 Å². The summed E-state index contributed by atoms with van der Waals surface area (Å²) in [6.07, 6.45) is -0.284. The number of hydrogen-bond acceptors (Lipinski definition) is 7. The molecule has 0 saturated carbocycles. The van der Waals surface area contributed by atoms with Crippen LogP contribution in [-0.2, 0) is 19.6 Å². The number of anilines is 1. The molecule has 1 aliphatic rings. The first-order chi connectivity index (χ1) is 20.5. The molecule has 3 aromatic rings. The molecule has 0 aliphatic carbocycles. The molecule has 0 bridgehead atoms. The molecule has 1 fully saturated rings. The highest BCUT2D eigenvalue weighted by Crippen LogP contribution is 2.23. The van der Waals surface area contributed by atoms with Crippen molar-refractivity contribution < 1.29 is 31.5 Å². The number of nitrogens with zero attached hydrogens (tertiary/aromatic N) is 5. The van der Waals surface area contributed by atoms with E-state index in [1.54, 1.807) is 0 Å². The standard InChI is InChI=1S/C28H34F5N7O3/c1-19(38-10-3-2-4-11-38)15-34-23-9-13-39(27(42)25(23)30)12-8-21(29)17-40-18-24(36-37-40)26(41)35-16-20-6-5-7-22(14-20)43-28(31,32)33/h5-7,9,13-14,18-19,21,34H,2-4,8,10-12,15-17H2,1H3,(H,35,41). The van der Waals surface area contributed by atoms with Crippen molar-refractivity contribution >= 4 is 11.6 Å². The van der Waals surface area contributed by atoms with Gasteiger partial charge in [-0.25, -0.2) is 9.07 Å². The quantitative estimate of drug-likeness (QED) is 0.280. The number of aromatic nitrogens is 4. The molecular weight excluding hydrogens is 577 g/mol. The van der Waals surface area contributed by atoms with E-state index in [-0.39, 0.29) is 43.5 Å². The Kier molecular flexibility index (Phi) is 10.7. The third-order valence-electron chi connectivity index (χ3n) is 7.13. The van der Waals surface area contributed by atoms with Crippen LogP contribution in [0.4, 0.5) is 27.6 Å². The molecule has 0 radical (unpaired) electrons. The van der Waals surface area contributed by atoms with E-state index in [0.717, 1.165) is 47.3 Å². The Morgan fingerprint density at radius 2 is 1.93 bits per heavy atom. The van der Waals surface area contributed by atoms with E-state index in [0.29, 0.717) is 12.1 Å². The van der Waals surface area contributed by atoms with E-state index < -0.39 is 35.6 Å². The number of benzene rings is 1. The number of rotatable bonds is 13. The number of alkyl halides is 4. The van der Waals surface area contributed by atoms with Gasteiger partial charge >= 0.3 is 6.36 Å². The van der Waals surface area contributed by atoms with Crippen molar-refractivity contribution in [1.29, 1.82) is 0 Å². The summed E-state index contributed by atoms with van der Waals surface area (Å²) in [7, 11) is 0. The lowest BCUT2D eigenvalue weighted by Gasteiger charge is -2.32. The number of carbonyl (C=O) groups excluding carboxylic acids is 1. The predicted molar refractivity (Wildman–Crippen MR) is 148 cm³/mol. The number of aryl methyl sites for hydroxylation is 1. The first-order valence-electron chi connectivity index (χ1n) is 14.0. The van der Waals surface area contributed by atoms with Crippen LogP contribution in [0, 0.1) is 5.82 Å². The molecule has 15 heteroatoms. The van der Waals surface area contributed by atoms with Crippen molar-refractivity contribution in [1.82, 2.24) is 29.8 Å². The van der Waals surface area contributed by atoms with Crippen LogP contribution in [0.1, 0.15) is 48.7 Å². The highest BCUT2D eigenvalue weighted by molar-refractivity contribution is 5.91. The molecule has 43 heavy (non-hydrogen) atoms. The number of hydrogen-bond donors (Lipinski definition) is 2. The Bertz CT molecular complexity index is 1420. The largest absolute Gasteiger partial charge is 0.573 e. The van der Waals surface area contributed by atoms with Gasteiger partial charge in [0.15, 0.2) is 5.69 Å². The van der Waals surface area contributed by atoms with E-state index in [2.05, 4.69) is 37.5 Å². The average Bonchev–Trinajstić information content (AvgIpc) is 3.44. The molecule has 10 nitrogen and oxygen atoms in total. The Morgan fingerprint density at radius 3 is 2.67 bits per heavy atom. The zero-order chi connectivity index (χ0) is 31.0. The van der Waals surface area contributed by atoms with Gasteiger partial charge in [-0.3, -0.25) is 14.5 Å². The van der Waals surface area contributed by atoms with E-state index >= 15 is 0 Å². The van der Waals surface area contributed by atoms with Crippen molar-refractivity contribution in [2.45, 2.75) is 70.8 Å². The summed E-state index contributed by atoms with van der Waals surface area (Å²) < 4.78 is 72.8. The number of ether oxygens (including phenoxy) is 1. The van der Waals surface area contributed by atoms with Crippen LogP contribution in [-0.4, -0.2) is 68.6 Å². The fourth-order valence-corrected chi connectivity index (χ4v) is 4.80. The molecule has 2 N–H and O–H groups in total. The molecule has 1 saturated heterocycles. The summed E-state index contributed by atoms with van der Waals surface area (Å²) in [6.45, 7) is 4.12. The highest BCUT2D eigenvalue weighted by atomic mass is 19.4. The third-order valence-corrected chi connectivity index (χ3v) is 7.13. The summed E-state index contributed by atoms with van der Waals surface area (Å²) in [5.41, 5.74) is -0.504. The van der Waals surface area contributed by atoms with Gasteiger partial charge in [0.25, 0.3) is 11.5 Å². The van der Waals surface area contributed by atoms with E-state index in [1.807, 2.05) is 0 Å². The first kappa shape index (κ1) is 31.9. The Balaban J connectivity index is 1.23. The van der Waals surface area contributed by atoms with Crippen LogP contribution < -0.4 is 20.9 Å². The summed E-state index contributed by atoms with van der Waals surface area (Å²) >= 11 is 0. The predicted octanol–water partition coefficient (Wildman–Crippen LogP) is 4.12. The lowest BCUT2D eigenvalue weighted by molar-refractivity contribution is -0.274. The summed E-state index contributed by atoms with van der Waals surface area (Å²) in [4.78, 5) is 27.2. The Hall–Kier alpha value is -4.01. The van der Waals surface area contributed by atoms with Gasteiger partial charge in [-0.2, -0.15) is 4.39 Å². The second kappa shape index (κ2) is 14.4. The number of amides is 1. The number of carbonyl (C=O) groups is 1. The van der Waals surface area contributed by atoms with Gasteiger partial charge in [0.05, 0.1) is 18.4 Å². The molecule has 4 rings (SSSR count). The Labute approximate surface area is 244 Å². The van der Waals surface area contributed by atoms with Crippen molar-refractivity contribution in [2.75, 3.05) is 25.0 Å². The number of piperidine rings is 1. The maximum atomic E-state index is 14.7. The lowest BCUT2D eigenvalue weighted by Crippen LogP contribution is -2.41. The molecule has 2 unspecified atom stereocenters. The molecule has 1 amide bonds. The second-order valence-electron chi connectivity index (χ2n) is 10.5. The number of nitrogens with one attached hydrogen (secondary N) is 2.